The Labute approximate surface area is 77.6 Å². The minimum Gasteiger partial charge on any atom is -0.347 e. The highest BCUT2D eigenvalue weighted by molar-refractivity contribution is 4.88. The molecular weight excluding hydrogens is 170 g/mol. The second kappa shape index (κ2) is 3.54. The highest BCUT2D eigenvalue weighted by atomic mass is 16.7. The molecule has 0 aliphatic carbocycles. The van der Waals surface area contributed by atoms with E-state index in [0.717, 1.165) is 0 Å². The van der Waals surface area contributed by atoms with Crippen LogP contribution in [0.3, 0.4) is 0 Å². The van der Waals surface area contributed by atoms with Crippen molar-refractivity contribution in [2.24, 2.45) is 10.5 Å². The zero-order valence-corrected chi connectivity index (χ0v) is 8.28. The molecule has 1 aliphatic heterocycles. The minimum absolute atomic E-state index is 0.183. The average molecular weight is 185 g/mol. The molecule has 1 fully saturated rings. The molecule has 0 saturated carbocycles. The lowest BCUT2D eigenvalue weighted by atomic mass is 9.85. The Morgan fingerprint density at radius 3 is 2.31 bits per heavy atom. The highest BCUT2D eigenvalue weighted by Crippen LogP contribution is 2.38. The summed E-state index contributed by atoms with van der Waals surface area (Å²) in [4.78, 5) is 2.72. The van der Waals surface area contributed by atoms with E-state index in [9.17, 15) is 0 Å². The molecule has 0 atom stereocenters. The first-order chi connectivity index (χ1) is 6.02. The fraction of sp³-hybridized carbons (Fsp3) is 1.00. The summed E-state index contributed by atoms with van der Waals surface area (Å²) in [5.74, 6) is -0.737. The Morgan fingerprint density at radius 2 is 1.92 bits per heavy atom. The molecule has 0 radical (unpaired) electrons. The van der Waals surface area contributed by atoms with Crippen molar-refractivity contribution < 1.29 is 9.47 Å². The molecule has 0 amide bonds. The molecule has 1 rings (SSSR count). The lowest BCUT2D eigenvalue weighted by Gasteiger charge is -2.38. The van der Waals surface area contributed by atoms with Crippen molar-refractivity contribution in [3.8, 4) is 0 Å². The molecule has 13 heavy (non-hydrogen) atoms. The van der Waals surface area contributed by atoms with Crippen molar-refractivity contribution >= 4 is 0 Å². The van der Waals surface area contributed by atoms with Crippen molar-refractivity contribution in [1.82, 2.24) is 0 Å². The second-order valence-corrected chi connectivity index (χ2v) is 4.09. The summed E-state index contributed by atoms with van der Waals surface area (Å²) in [5, 5.41) is 3.52. The van der Waals surface area contributed by atoms with Crippen LogP contribution in [0.2, 0.25) is 0 Å². The zero-order valence-electron chi connectivity index (χ0n) is 8.28. The summed E-state index contributed by atoms with van der Waals surface area (Å²) in [6.07, 6.45) is 0. The van der Waals surface area contributed by atoms with Crippen LogP contribution >= 0.6 is 0 Å². The normalized spacial score (nSPS) is 21.2. The number of hydrogen-bond acceptors (Lipinski definition) is 3. The first-order valence-electron chi connectivity index (χ1n) is 4.31. The van der Waals surface area contributed by atoms with E-state index in [2.05, 4.69) is 10.0 Å². The smallest absolute Gasteiger partial charge is 0.178 e. The van der Waals surface area contributed by atoms with E-state index < -0.39 is 5.79 Å². The van der Waals surface area contributed by atoms with E-state index in [1.165, 1.54) is 0 Å². The molecule has 0 aromatic heterocycles. The predicted molar refractivity (Wildman–Crippen MR) is 48.1 cm³/mol. The predicted octanol–water partition coefficient (Wildman–Crippen LogP) is 2.09. The van der Waals surface area contributed by atoms with Crippen LogP contribution in [0.25, 0.3) is 10.4 Å². The number of azide groups is 1. The summed E-state index contributed by atoms with van der Waals surface area (Å²) in [6, 6.07) is 0. The van der Waals surface area contributed by atoms with Crippen LogP contribution in [-0.4, -0.2) is 25.5 Å². The van der Waals surface area contributed by atoms with Crippen molar-refractivity contribution in [1.29, 1.82) is 0 Å². The summed E-state index contributed by atoms with van der Waals surface area (Å²) in [7, 11) is 0. The van der Waals surface area contributed by atoms with E-state index in [-0.39, 0.29) is 12.0 Å². The monoisotopic (exact) mass is 185 g/mol. The van der Waals surface area contributed by atoms with Crippen LogP contribution in [0, 0.1) is 5.41 Å². The molecule has 1 saturated heterocycles. The molecule has 1 heterocycles. The van der Waals surface area contributed by atoms with Crippen LogP contribution in [0.15, 0.2) is 5.11 Å². The van der Waals surface area contributed by atoms with E-state index in [4.69, 9.17) is 15.0 Å². The fourth-order valence-electron chi connectivity index (χ4n) is 1.34. The highest BCUT2D eigenvalue weighted by Gasteiger charge is 2.46. The minimum atomic E-state index is -0.737. The van der Waals surface area contributed by atoms with Gasteiger partial charge in [0.2, 0.25) is 0 Å². The van der Waals surface area contributed by atoms with Crippen LogP contribution in [0.5, 0.6) is 0 Å². The van der Waals surface area contributed by atoms with Crippen LogP contribution in [-0.2, 0) is 9.47 Å². The Bertz CT molecular complexity index is 222. The molecule has 0 aromatic rings. The van der Waals surface area contributed by atoms with Gasteiger partial charge in [0.25, 0.3) is 0 Å². The van der Waals surface area contributed by atoms with Gasteiger partial charge in [0, 0.05) is 10.3 Å². The Balaban J connectivity index is 2.80. The number of nitrogens with zero attached hydrogens (tertiary/aromatic N) is 3. The molecule has 0 N–H and O–H groups in total. The largest absolute Gasteiger partial charge is 0.347 e. The van der Waals surface area contributed by atoms with Crippen molar-refractivity contribution in [3.63, 3.8) is 0 Å². The van der Waals surface area contributed by atoms with Gasteiger partial charge in [-0.25, -0.2) is 0 Å². The van der Waals surface area contributed by atoms with Gasteiger partial charge in [-0.3, -0.25) is 0 Å². The van der Waals surface area contributed by atoms with Crippen molar-refractivity contribution in [3.05, 3.63) is 10.4 Å². The van der Waals surface area contributed by atoms with Crippen molar-refractivity contribution in [2.45, 2.75) is 26.6 Å². The standard InChI is InChI=1S/C8H15N3O2/c1-7(2,3)8(6-10-11-9)12-4-5-13-8/h4-6H2,1-3H3. The Kier molecular flexibility index (Phi) is 2.81. The van der Waals surface area contributed by atoms with Crippen LogP contribution in [0.1, 0.15) is 20.8 Å². The zero-order chi connectivity index (χ0) is 9.95. The van der Waals surface area contributed by atoms with Gasteiger partial charge < -0.3 is 9.47 Å². The first kappa shape index (κ1) is 10.3. The molecule has 0 spiro atoms. The van der Waals surface area contributed by atoms with Gasteiger partial charge in [-0.05, 0) is 5.53 Å². The Hall–Kier alpha value is -0.770. The quantitative estimate of drug-likeness (QED) is 0.375. The van der Waals surface area contributed by atoms with E-state index in [1.54, 1.807) is 0 Å². The van der Waals surface area contributed by atoms with Crippen molar-refractivity contribution in [2.75, 3.05) is 19.8 Å². The Morgan fingerprint density at radius 1 is 1.38 bits per heavy atom. The van der Waals surface area contributed by atoms with Crippen LogP contribution < -0.4 is 0 Å². The molecule has 0 bridgehead atoms. The molecule has 5 nitrogen and oxygen atoms in total. The van der Waals surface area contributed by atoms with Gasteiger partial charge in [-0.15, -0.1) is 0 Å². The number of rotatable bonds is 2. The average Bonchev–Trinajstić information content (AvgIpc) is 2.48. The maximum Gasteiger partial charge on any atom is 0.178 e. The maximum atomic E-state index is 8.25. The topological polar surface area (TPSA) is 67.2 Å². The lowest BCUT2D eigenvalue weighted by Crippen LogP contribution is -2.46. The maximum absolute atomic E-state index is 8.25. The number of hydrogen-bond donors (Lipinski definition) is 0. The van der Waals surface area contributed by atoms with Crippen LogP contribution in [0.4, 0.5) is 0 Å². The van der Waals surface area contributed by atoms with E-state index in [0.29, 0.717) is 13.2 Å². The van der Waals surface area contributed by atoms with E-state index >= 15 is 0 Å². The van der Waals surface area contributed by atoms with E-state index in [1.807, 2.05) is 20.8 Å². The van der Waals surface area contributed by atoms with Gasteiger partial charge in [-0.1, -0.05) is 25.9 Å². The molecule has 5 heteroatoms. The first-order valence-corrected chi connectivity index (χ1v) is 4.31. The second-order valence-electron chi connectivity index (χ2n) is 4.09. The van der Waals surface area contributed by atoms with Gasteiger partial charge in [0.15, 0.2) is 5.79 Å². The van der Waals surface area contributed by atoms with Gasteiger partial charge in [0.05, 0.1) is 19.8 Å². The molecule has 0 aromatic carbocycles. The molecule has 0 unspecified atom stereocenters. The third-order valence-electron chi connectivity index (χ3n) is 2.24. The summed E-state index contributed by atoms with van der Waals surface area (Å²) in [6.45, 7) is 7.38. The van der Waals surface area contributed by atoms with Gasteiger partial charge in [0.1, 0.15) is 0 Å². The summed E-state index contributed by atoms with van der Waals surface area (Å²) in [5.41, 5.74) is 8.07. The van der Waals surface area contributed by atoms with Gasteiger partial charge in [-0.2, -0.15) is 0 Å². The number of ether oxygens (including phenoxy) is 2. The van der Waals surface area contributed by atoms with Gasteiger partial charge >= 0.3 is 0 Å². The third kappa shape index (κ3) is 1.94. The molecule has 1 aliphatic rings. The fourth-order valence-corrected chi connectivity index (χ4v) is 1.34. The SMILES string of the molecule is CC(C)(C)C1(CN=[N+]=[N-])OCCO1. The summed E-state index contributed by atoms with van der Waals surface area (Å²) >= 11 is 0. The molecule has 74 valence electrons. The third-order valence-corrected chi connectivity index (χ3v) is 2.24. The summed E-state index contributed by atoms with van der Waals surface area (Å²) < 4.78 is 11.0. The molecular formula is C8H15N3O2. The lowest BCUT2D eigenvalue weighted by molar-refractivity contribution is -0.214.